The van der Waals surface area contributed by atoms with Gasteiger partial charge >= 0.3 is 0 Å². The Morgan fingerprint density at radius 1 is 0.950 bits per heavy atom. The Morgan fingerprint density at radius 3 is 2.65 bits per heavy atom. The minimum Gasteiger partial charge on any atom is -0.382 e. The molecule has 3 heterocycles. The van der Waals surface area contributed by atoms with Crippen LogP contribution in [-0.2, 0) is 6.42 Å². The van der Waals surface area contributed by atoms with Crippen molar-refractivity contribution in [2.24, 2.45) is 0 Å². The number of nitrogens with zero attached hydrogens (tertiary/aromatic N) is 5. The van der Waals surface area contributed by atoms with Crippen LogP contribution in [-0.4, -0.2) is 31.0 Å². The summed E-state index contributed by atoms with van der Waals surface area (Å²) in [5.41, 5.74) is 15.1. The standard InChI is InChI=1S/C29H21ClN8OS/c30-20-7-4-8-22-25(20)28(39)38(18-5-2-1-3-6-18)24(36-22)13-14-33-27-19(26(31)34-16-35-27)11-9-17-10-12-21-23(15-17)40-29(32)37-21/h1-8,10,12,15-16H,13-14H2,(H2,32,37)(H3,31,33,34,35). The maximum absolute atomic E-state index is 13.6. The normalized spacial score (nSPS) is 10.9. The lowest BCUT2D eigenvalue weighted by Crippen LogP contribution is -2.25. The molecule has 196 valence electrons. The van der Waals surface area contributed by atoms with Gasteiger partial charge in [-0.3, -0.25) is 9.36 Å². The summed E-state index contributed by atoms with van der Waals surface area (Å²) in [5, 5.41) is 4.54. The number of nitrogens with two attached hydrogens (primary N) is 2. The molecule has 0 atom stereocenters. The number of fused-ring (bicyclic) bond motifs is 2. The van der Waals surface area contributed by atoms with Crippen molar-refractivity contribution in [3.05, 3.63) is 105 Å². The fourth-order valence-electron chi connectivity index (χ4n) is 4.35. The summed E-state index contributed by atoms with van der Waals surface area (Å²) in [6, 6.07) is 20.3. The molecule has 11 heteroatoms. The summed E-state index contributed by atoms with van der Waals surface area (Å²) in [6.07, 6.45) is 1.79. The zero-order valence-corrected chi connectivity index (χ0v) is 22.5. The number of anilines is 3. The first kappa shape index (κ1) is 25.3. The van der Waals surface area contributed by atoms with Crippen LogP contribution in [0, 0.1) is 11.8 Å². The van der Waals surface area contributed by atoms with Crippen molar-refractivity contribution in [3.63, 3.8) is 0 Å². The third-order valence-electron chi connectivity index (χ3n) is 6.19. The zero-order chi connectivity index (χ0) is 27.6. The monoisotopic (exact) mass is 564 g/mol. The predicted octanol–water partition coefficient (Wildman–Crippen LogP) is 4.66. The first-order valence-corrected chi connectivity index (χ1v) is 13.5. The highest BCUT2D eigenvalue weighted by Gasteiger charge is 2.15. The summed E-state index contributed by atoms with van der Waals surface area (Å²) in [6.45, 7) is 0.405. The SMILES string of the molecule is Nc1nc2ccc(C#Cc3c(N)ncnc3NCCc3nc4cccc(Cl)c4c(=O)n3-c3ccccc3)cc2s1. The van der Waals surface area contributed by atoms with Crippen molar-refractivity contribution < 1.29 is 0 Å². The number of halogens is 1. The van der Waals surface area contributed by atoms with Gasteiger partial charge in [-0.1, -0.05) is 59.0 Å². The number of nitrogens with one attached hydrogen (secondary N) is 1. The molecule has 0 saturated carbocycles. The lowest BCUT2D eigenvalue weighted by atomic mass is 10.2. The molecule has 40 heavy (non-hydrogen) atoms. The van der Waals surface area contributed by atoms with E-state index in [1.807, 2.05) is 48.5 Å². The van der Waals surface area contributed by atoms with E-state index in [1.165, 1.54) is 17.7 Å². The minimum absolute atomic E-state index is 0.227. The van der Waals surface area contributed by atoms with Gasteiger partial charge in [0, 0.05) is 18.5 Å². The summed E-state index contributed by atoms with van der Waals surface area (Å²) in [5.74, 6) is 7.55. The number of benzene rings is 3. The highest BCUT2D eigenvalue weighted by molar-refractivity contribution is 7.22. The van der Waals surface area contributed by atoms with Gasteiger partial charge in [0.15, 0.2) is 5.13 Å². The van der Waals surface area contributed by atoms with Crippen LogP contribution in [0.1, 0.15) is 17.0 Å². The maximum Gasteiger partial charge on any atom is 0.267 e. The van der Waals surface area contributed by atoms with Crippen LogP contribution in [0.3, 0.4) is 0 Å². The van der Waals surface area contributed by atoms with Crippen LogP contribution in [0.15, 0.2) is 77.9 Å². The lowest BCUT2D eigenvalue weighted by Gasteiger charge is -2.15. The molecule has 0 amide bonds. The average molecular weight is 565 g/mol. The van der Waals surface area contributed by atoms with E-state index in [9.17, 15) is 4.79 Å². The second-order valence-electron chi connectivity index (χ2n) is 8.78. The minimum atomic E-state index is -0.227. The molecule has 0 aliphatic rings. The molecule has 6 aromatic rings. The quantitative estimate of drug-likeness (QED) is 0.257. The van der Waals surface area contributed by atoms with Gasteiger partial charge in [0.25, 0.3) is 5.56 Å². The van der Waals surface area contributed by atoms with Gasteiger partial charge in [0.1, 0.15) is 29.4 Å². The zero-order valence-electron chi connectivity index (χ0n) is 20.9. The van der Waals surface area contributed by atoms with Crippen LogP contribution in [0.5, 0.6) is 0 Å². The molecule has 0 unspecified atom stereocenters. The molecule has 0 aliphatic heterocycles. The molecule has 6 rings (SSSR count). The number of hydrogen-bond acceptors (Lipinski definition) is 9. The number of rotatable bonds is 5. The van der Waals surface area contributed by atoms with E-state index in [-0.39, 0.29) is 11.4 Å². The largest absolute Gasteiger partial charge is 0.382 e. The Balaban J connectivity index is 1.30. The second kappa shape index (κ2) is 10.6. The Morgan fingerprint density at radius 2 is 1.80 bits per heavy atom. The number of aromatic nitrogens is 5. The van der Waals surface area contributed by atoms with Crippen molar-refractivity contribution >= 4 is 60.8 Å². The van der Waals surface area contributed by atoms with Crippen LogP contribution < -0.4 is 22.3 Å². The van der Waals surface area contributed by atoms with Gasteiger partial charge < -0.3 is 16.8 Å². The molecular formula is C29H21ClN8OS. The predicted molar refractivity (Wildman–Crippen MR) is 161 cm³/mol. The number of hydrogen-bond donors (Lipinski definition) is 3. The molecule has 0 radical (unpaired) electrons. The third kappa shape index (κ3) is 4.91. The van der Waals surface area contributed by atoms with Crippen LogP contribution in [0.25, 0.3) is 26.8 Å². The fraction of sp³-hybridized carbons (Fsp3) is 0.0690. The first-order chi connectivity index (χ1) is 19.5. The Bertz CT molecular complexity index is 2010. The molecule has 0 bridgehead atoms. The summed E-state index contributed by atoms with van der Waals surface area (Å²) >= 11 is 7.79. The van der Waals surface area contributed by atoms with Gasteiger partial charge in [-0.05, 0) is 42.5 Å². The van der Waals surface area contributed by atoms with Crippen LogP contribution >= 0.6 is 22.9 Å². The van der Waals surface area contributed by atoms with E-state index in [0.717, 1.165) is 15.8 Å². The highest BCUT2D eigenvalue weighted by Crippen LogP contribution is 2.25. The average Bonchev–Trinajstić information content (AvgIpc) is 3.32. The van der Waals surface area contributed by atoms with Gasteiger partial charge in [-0.2, -0.15) is 0 Å². The molecule has 0 spiro atoms. The van der Waals surface area contributed by atoms with E-state index >= 15 is 0 Å². The van der Waals surface area contributed by atoms with Gasteiger partial charge in [-0.15, -0.1) is 0 Å². The van der Waals surface area contributed by atoms with Crippen molar-refractivity contribution in [1.29, 1.82) is 0 Å². The maximum atomic E-state index is 13.6. The fourth-order valence-corrected chi connectivity index (χ4v) is 5.37. The molecule has 9 nitrogen and oxygen atoms in total. The lowest BCUT2D eigenvalue weighted by molar-refractivity contribution is 0.809. The molecular weight excluding hydrogens is 544 g/mol. The van der Waals surface area contributed by atoms with E-state index in [1.54, 1.807) is 22.8 Å². The molecule has 0 fully saturated rings. The van der Waals surface area contributed by atoms with Gasteiger partial charge in [0.05, 0.1) is 31.8 Å². The van der Waals surface area contributed by atoms with Crippen molar-refractivity contribution in [2.75, 3.05) is 23.3 Å². The van der Waals surface area contributed by atoms with Gasteiger partial charge in [-0.25, -0.2) is 19.9 Å². The molecule has 5 N–H and O–H groups in total. The summed E-state index contributed by atoms with van der Waals surface area (Å²) in [7, 11) is 0. The molecule has 0 saturated heterocycles. The van der Waals surface area contributed by atoms with E-state index in [4.69, 9.17) is 28.1 Å². The molecule has 0 aliphatic carbocycles. The van der Waals surface area contributed by atoms with Crippen LogP contribution in [0.4, 0.5) is 16.8 Å². The Kier molecular flexibility index (Phi) is 6.74. The summed E-state index contributed by atoms with van der Waals surface area (Å²) in [4.78, 5) is 31.1. The molecule has 3 aromatic carbocycles. The Labute approximate surface area is 237 Å². The molecule has 3 aromatic heterocycles. The highest BCUT2D eigenvalue weighted by atomic mass is 35.5. The second-order valence-corrected chi connectivity index (χ2v) is 10.3. The van der Waals surface area contributed by atoms with Crippen LogP contribution in [0.2, 0.25) is 5.02 Å². The van der Waals surface area contributed by atoms with E-state index in [2.05, 4.69) is 32.1 Å². The smallest absolute Gasteiger partial charge is 0.267 e. The number of nitrogen functional groups attached to an aromatic ring is 2. The van der Waals surface area contributed by atoms with Crippen molar-refractivity contribution in [1.82, 2.24) is 24.5 Å². The first-order valence-electron chi connectivity index (χ1n) is 12.3. The van der Waals surface area contributed by atoms with Crippen molar-refractivity contribution in [2.45, 2.75) is 6.42 Å². The van der Waals surface area contributed by atoms with Gasteiger partial charge in [0.2, 0.25) is 0 Å². The van der Waals surface area contributed by atoms with E-state index in [0.29, 0.717) is 56.9 Å². The number of thiazole rings is 1. The van der Waals surface area contributed by atoms with E-state index < -0.39 is 0 Å². The Hall–Kier alpha value is -4.98. The summed E-state index contributed by atoms with van der Waals surface area (Å²) < 4.78 is 2.54. The topological polar surface area (TPSA) is 138 Å². The third-order valence-corrected chi connectivity index (χ3v) is 7.35. The number of para-hydroxylation sites is 1. The van der Waals surface area contributed by atoms with Crippen molar-refractivity contribution in [3.8, 4) is 17.5 Å².